The van der Waals surface area contributed by atoms with Crippen LogP contribution in [0.25, 0.3) is 0 Å². The van der Waals surface area contributed by atoms with Gasteiger partial charge < -0.3 is 10.2 Å². The average molecular weight is 354 g/mol. The number of nitrogens with zero attached hydrogens (tertiary/aromatic N) is 2. The van der Waals surface area contributed by atoms with Crippen molar-refractivity contribution < 1.29 is 10.2 Å². The van der Waals surface area contributed by atoms with E-state index in [9.17, 15) is 10.2 Å². The van der Waals surface area contributed by atoms with E-state index in [1.165, 1.54) is 11.1 Å². The molecule has 26 heavy (non-hydrogen) atoms. The van der Waals surface area contributed by atoms with Gasteiger partial charge in [0.1, 0.15) is 11.5 Å². The number of hydrogen-bond acceptors (Lipinski definition) is 4. The van der Waals surface area contributed by atoms with Crippen molar-refractivity contribution in [2.45, 2.75) is 40.8 Å². The van der Waals surface area contributed by atoms with E-state index >= 15 is 0 Å². The summed E-state index contributed by atoms with van der Waals surface area (Å²) in [5, 5.41) is 20.6. The maximum Gasteiger partial charge on any atom is 0.122 e. The van der Waals surface area contributed by atoms with Crippen molar-refractivity contribution in [1.29, 1.82) is 0 Å². The Balaban J connectivity index is 1.60. The summed E-state index contributed by atoms with van der Waals surface area (Å²) < 4.78 is 0. The van der Waals surface area contributed by atoms with E-state index in [-0.39, 0.29) is 0 Å². The number of rotatable bonds is 4. The second-order valence-electron chi connectivity index (χ2n) is 7.73. The summed E-state index contributed by atoms with van der Waals surface area (Å²) in [5.74, 6) is 0.858. The van der Waals surface area contributed by atoms with Crippen LogP contribution in [0.1, 0.15) is 33.4 Å². The first-order valence-corrected chi connectivity index (χ1v) is 9.36. The van der Waals surface area contributed by atoms with Crippen molar-refractivity contribution in [2.75, 3.05) is 26.2 Å². The molecule has 1 aliphatic rings. The standard InChI is InChI=1S/C22H30N2O2/c1-15-9-17(3)21(25)19(11-15)13-23-5-7-24(8-6-23)14-20-12-16(2)10-18(4)22(20)26/h9-12,25-26H,5-8,13-14H2,1-4H3. The molecule has 0 radical (unpaired) electrons. The highest BCUT2D eigenvalue weighted by Crippen LogP contribution is 2.27. The molecule has 0 atom stereocenters. The monoisotopic (exact) mass is 354 g/mol. The Morgan fingerprint density at radius 3 is 1.35 bits per heavy atom. The molecule has 1 saturated heterocycles. The highest BCUT2D eigenvalue weighted by atomic mass is 16.3. The van der Waals surface area contributed by atoms with Gasteiger partial charge in [-0.05, 0) is 38.8 Å². The van der Waals surface area contributed by atoms with E-state index in [4.69, 9.17) is 0 Å². The Kier molecular flexibility index (Phi) is 5.54. The van der Waals surface area contributed by atoms with Crippen LogP contribution in [-0.4, -0.2) is 46.2 Å². The van der Waals surface area contributed by atoms with Gasteiger partial charge in [0.05, 0.1) is 0 Å². The molecule has 0 unspecified atom stereocenters. The van der Waals surface area contributed by atoms with E-state index in [1.54, 1.807) is 0 Å². The van der Waals surface area contributed by atoms with Gasteiger partial charge in [-0.2, -0.15) is 0 Å². The van der Waals surface area contributed by atoms with Crippen LogP contribution in [0, 0.1) is 27.7 Å². The topological polar surface area (TPSA) is 46.9 Å². The highest BCUT2D eigenvalue weighted by Gasteiger charge is 2.20. The Morgan fingerprint density at radius 2 is 1.00 bits per heavy atom. The second kappa shape index (κ2) is 7.68. The van der Waals surface area contributed by atoms with Gasteiger partial charge in [0.25, 0.3) is 0 Å². The summed E-state index contributed by atoms with van der Waals surface area (Å²) in [6, 6.07) is 8.21. The van der Waals surface area contributed by atoms with Crippen molar-refractivity contribution in [3.8, 4) is 11.5 Å². The van der Waals surface area contributed by atoms with Crippen LogP contribution in [0.4, 0.5) is 0 Å². The number of phenolic OH excluding ortho intramolecular Hbond substituents is 2. The first-order chi connectivity index (χ1) is 12.3. The van der Waals surface area contributed by atoms with Crippen LogP contribution in [0.5, 0.6) is 11.5 Å². The van der Waals surface area contributed by atoms with E-state index in [0.717, 1.165) is 61.5 Å². The SMILES string of the molecule is Cc1cc(C)c(O)c(CN2CCN(Cc3cc(C)cc(C)c3O)CC2)c1. The fourth-order valence-electron chi connectivity index (χ4n) is 3.92. The summed E-state index contributed by atoms with van der Waals surface area (Å²) in [7, 11) is 0. The number of phenols is 2. The zero-order chi connectivity index (χ0) is 18.8. The molecular weight excluding hydrogens is 324 g/mol. The molecule has 0 aromatic heterocycles. The summed E-state index contributed by atoms with van der Waals surface area (Å²) >= 11 is 0. The summed E-state index contributed by atoms with van der Waals surface area (Å²) in [5.41, 5.74) is 6.32. The van der Waals surface area contributed by atoms with Crippen LogP contribution >= 0.6 is 0 Å². The number of hydrogen-bond donors (Lipinski definition) is 2. The summed E-state index contributed by atoms with van der Waals surface area (Å²) in [4.78, 5) is 4.79. The number of benzene rings is 2. The maximum atomic E-state index is 10.3. The zero-order valence-corrected chi connectivity index (χ0v) is 16.3. The summed E-state index contributed by atoms with van der Waals surface area (Å²) in [6.45, 7) is 13.5. The van der Waals surface area contributed by atoms with Crippen molar-refractivity contribution in [3.63, 3.8) is 0 Å². The highest BCUT2D eigenvalue weighted by molar-refractivity contribution is 5.43. The van der Waals surface area contributed by atoms with Crippen molar-refractivity contribution in [3.05, 3.63) is 57.6 Å². The maximum absolute atomic E-state index is 10.3. The molecule has 1 aliphatic heterocycles. The predicted octanol–water partition coefficient (Wildman–Crippen LogP) is 3.65. The molecule has 2 aromatic carbocycles. The van der Waals surface area contributed by atoms with E-state index in [0.29, 0.717) is 11.5 Å². The minimum absolute atomic E-state index is 0.429. The largest absolute Gasteiger partial charge is 0.507 e. The Hall–Kier alpha value is -2.04. The normalized spacial score (nSPS) is 16.2. The van der Waals surface area contributed by atoms with Crippen molar-refractivity contribution in [1.82, 2.24) is 9.80 Å². The fourth-order valence-corrected chi connectivity index (χ4v) is 3.92. The first kappa shape index (κ1) is 18.7. The predicted molar refractivity (Wildman–Crippen MR) is 106 cm³/mol. The molecule has 2 N–H and O–H groups in total. The van der Waals surface area contributed by atoms with Gasteiger partial charge in [0.15, 0.2) is 0 Å². The lowest BCUT2D eigenvalue weighted by Crippen LogP contribution is -2.45. The lowest BCUT2D eigenvalue weighted by Gasteiger charge is -2.35. The van der Waals surface area contributed by atoms with Gasteiger partial charge in [-0.15, -0.1) is 0 Å². The third kappa shape index (κ3) is 4.19. The molecule has 4 heteroatoms. The van der Waals surface area contributed by atoms with Gasteiger partial charge in [0, 0.05) is 50.4 Å². The van der Waals surface area contributed by atoms with Gasteiger partial charge in [-0.25, -0.2) is 0 Å². The molecule has 0 spiro atoms. The minimum atomic E-state index is 0.429. The molecule has 3 rings (SSSR count). The smallest absolute Gasteiger partial charge is 0.122 e. The Bertz CT molecular complexity index is 726. The van der Waals surface area contributed by atoms with E-state index < -0.39 is 0 Å². The van der Waals surface area contributed by atoms with Gasteiger partial charge in [0.2, 0.25) is 0 Å². The first-order valence-electron chi connectivity index (χ1n) is 9.36. The Morgan fingerprint density at radius 1 is 0.654 bits per heavy atom. The number of aromatic hydroxyl groups is 2. The van der Waals surface area contributed by atoms with E-state index in [1.807, 2.05) is 26.0 Å². The molecule has 0 saturated carbocycles. The number of piperazine rings is 1. The summed E-state index contributed by atoms with van der Waals surface area (Å²) in [6.07, 6.45) is 0. The third-order valence-electron chi connectivity index (χ3n) is 5.30. The molecule has 0 amide bonds. The molecule has 1 heterocycles. The van der Waals surface area contributed by atoms with E-state index in [2.05, 4.69) is 35.8 Å². The lowest BCUT2D eigenvalue weighted by atomic mass is 10.0. The molecule has 0 bridgehead atoms. The molecular formula is C22H30N2O2. The average Bonchev–Trinajstić information content (AvgIpc) is 2.58. The molecule has 4 nitrogen and oxygen atoms in total. The van der Waals surface area contributed by atoms with Crippen LogP contribution in [0.3, 0.4) is 0 Å². The van der Waals surface area contributed by atoms with Gasteiger partial charge in [-0.1, -0.05) is 35.4 Å². The fraction of sp³-hybridized carbons (Fsp3) is 0.455. The molecule has 2 aromatic rings. The van der Waals surface area contributed by atoms with Gasteiger partial charge >= 0.3 is 0 Å². The number of aryl methyl sites for hydroxylation is 4. The minimum Gasteiger partial charge on any atom is -0.507 e. The zero-order valence-electron chi connectivity index (χ0n) is 16.3. The third-order valence-corrected chi connectivity index (χ3v) is 5.30. The Labute approximate surface area is 156 Å². The lowest BCUT2D eigenvalue weighted by molar-refractivity contribution is 0.120. The second-order valence-corrected chi connectivity index (χ2v) is 7.73. The van der Waals surface area contributed by atoms with Crippen LogP contribution in [0.2, 0.25) is 0 Å². The van der Waals surface area contributed by atoms with Crippen LogP contribution in [-0.2, 0) is 13.1 Å². The van der Waals surface area contributed by atoms with Crippen LogP contribution < -0.4 is 0 Å². The molecule has 0 aliphatic carbocycles. The van der Waals surface area contributed by atoms with Crippen molar-refractivity contribution >= 4 is 0 Å². The van der Waals surface area contributed by atoms with Crippen LogP contribution in [0.15, 0.2) is 24.3 Å². The van der Waals surface area contributed by atoms with Crippen molar-refractivity contribution in [2.24, 2.45) is 0 Å². The molecule has 1 fully saturated rings. The molecule has 140 valence electrons. The quantitative estimate of drug-likeness (QED) is 0.880. The van der Waals surface area contributed by atoms with Gasteiger partial charge in [-0.3, -0.25) is 9.80 Å².